The molecule has 1 atom stereocenters. The standard InChI is InChI=1S/C12H20BrN3O2/c1-5-12(4,11(17)18)14-7-9-10(13)8(3)15-16(9)6-2/h14H,5-7H2,1-4H3,(H,17,18). The summed E-state index contributed by atoms with van der Waals surface area (Å²) in [5.74, 6) is -0.833. The van der Waals surface area contributed by atoms with Crippen LogP contribution in [0.3, 0.4) is 0 Å². The van der Waals surface area contributed by atoms with E-state index in [1.165, 1.54) is 0 Å². The van der Waals surface area contributed by atoms with Crippen molar-refractivity contribution in [3.05, 3.63) is 15.9 Å². The van der Waals surface area contributed by atoms with E-state index >= 15 is 0 Å². The van der Waals surface area contributed by atoms with Gasteiger partial charge in [-0.15, -0.1) is 0 Å². The van der Waals surface area contributed by atoms with Gasteiger partial charge in [0, 0.05) is 13.1 Å². The second-order valence-corrected chi connectivity index (χ2v) is 5.30. The summed E-state index contributed by atoms with van der Waals surface area (Å²) in [4.78, 5) is 11.2. The minimum atomic E-state index is -0.907. The third-order valence-electron chi connectivity index (χ3n) is 3.28. The molecule has 0 aliphatic rings. The number of hydrogen-bond acceptors (Lipinski definition) is 3. The van der Waals surface area contributed by atoms with Gasteiger partial charge in [-0.1, -0.05) is 6.92 Å². The molecule has 0 bridgehead atoms. The highest BCUT2D eigenvalue weighted by molar-refractivity contribution is 9.10. The lowest BCUT2D eigenvalue weighted by molar-refractivity contribution is -0.144. The fourth-order valence-electron chi connectivity index (χ4n) is 1.67. The quantitative estimate of drug-likeness (QED) is 0.845. The number of carboxylic acid groups (broad SMARTS) is 1. The van der Waals surface area contributed by atoms with Crippen molar-refractivity contribution in [1.82, 2.24) is 15.1 Å². The average molecular weight is 318 g/mol. The molecule has 5 nitrogen and oxygen atoms in total. The molecule has 0 aliphatic heterocycles. The highest BCUT2D eigenvalue weighted by Gasteiger charge is 2.30. The van der Waals surface area contributed by atoms with Gasteiger partial charge in [0.1, 0.15) is 5.54 Å². The molecule has 1 aromatic heterocycles. The van der Waals surface area contributed by atoms with Crippen LogP contribution in [0.5, 0.6) is 0 Å². The Bertz CT molecular complexity index is 445. The van der Waals surface area contributed by atoms with Crippen molar-refractivity contribution in [3.63, 3.8) is 0 Å². The molecule has 6 heteroatoms. The molecule has 2 N–H and O–H groups in total. The van der Waals surface area contributed by atoms with Crippen LogP contribution in [0, 0.1) is 6.92 Å². The van der Waals surface area contributed by atoms with Gasteiger partial charge in [-0.3, -0.25) is 14.8 Å². The van der Waals surface area contributed by atoms with Gasteiger partial charge in [0.2, 0.25) is 0 Å². The van der Waals surface area contributed by atoms with Crippen molar-refractivity contribution in [1.29, 1.82) is 0 Å². The summed E-state index contributed by atoms with van der Waals surface area (Å²) in [7, 11) is 0. The number of nitrogens with one attached hydrogen (secondary N) is 1. The molecule has 0 radical (unpaired) electrons. The van der Waals surface area contributed by atoms with Gasteiger partial charge in [-0.2, -0.15) is 5.10 Å². The molecule has 1 rings (SSSR count). The number of carbonyl (C=O) groups is 1. The summed E-state index contributed by atoms with van der Waals surface area (Å²) >= 11 is 3.50. The Morgan fingerprint density at radius 3 is 2.61 bits per heavy atom. The lowest BCUT2D eigenvalue weighted by Gasteiger charge is -2.24. The summed E-state index contributed by atoms with van der Waals surface area (Å²) in [6, 6.07) is 0. The Morgan fingerprint density at radius 2 is 2.17 bits per heavy atom. The SMILES string of the molecule is CCn1nc(C)c(Br)c1CNC(C)(CC)C(=O)O. The molecule has 0 amide bonds. The molecule has 0 aromatic carbocycles. The Balaban J connectivity index is 2.89. The van der Waals surface area contributed by atoms with E-state index in [4.69, 9.17) is 0 Å². The van der Waals surface area contributed by atoms with Crippen LogP contribution in [0.1, 0.15) is 38.6 Å². The van der Waals surface area contributed by atoms with Crippen molar-refractivity contribution in [3.8, 4) is 0 Å². The number of rotatable bonds is 6. The Kier molecular flexibility index (Phi) is 4.92. The number of hydrogen-bond donors (Lipinski definition) is 2. The molecule has 102 valence electrons. The molecule has 0 saturated carbocycles. The molecule has 0 fully saturated rings. The Hall–Kier alpha value is -0.880. The van der Waals surface area contributed by atoms with Crippen LogP contribution >= 0.6 is 15.9 Å². The lowest BCUT2D eigenvalue weighted by Crippen LogP contribution is -2.48. The van der Waals surface area contributed by atoms with Crippen LogP contribution in [0.2, 0.25) is 0 Å². The van der Waals surface area contributed by atoms with E-state index in [0.29, 0.717) is 13.0 Å². The largest absolute Gasteiger partial charge is 0.480 e. The van der Waals surface area contributed by atoms with Crippen LogP contribution in [0.15, 0.2) is 4.47 Å². The Morgan fingerprint density at radius 1 is 1.56 bits per heavy atom. The predicted molar refractivity (Wildman–Crippen MR) is 73.5 cm³/mol. The van der Waals surface area contributed by atoms with Crippen molar-refractivity contribution in [2.75, 3.05) is 0 Å². The number of carboxylic acids is 1. The van der Waals surface area contributed by atoms with E-state index in [1.807, 2.05) is 25.5 Å². The highest BCUT2D eigenvalue weighted by atomic mass is 79.9. The van der Waals surface area contributed by atoms with E-state index in [1.54, 1.807) is 6.92 Å². The molecule has 18 heavy (non-hydrogen) atoms. The highest BCUT2D eigenvalue weighted by Crippen LogP contribution is 2.22. The summed E-state index contributed by atoms with van der Waals surface area (Å²) < 4.78 is 2.82. The van der Waals surface area contributed by atoms with Gasteiger partial charge < -0.3 is 5.11 Å². The number of aromatic nitrogens is 2. The van der Waals surface area contributed by atoms with Gasteiger partial charge in [-0.25, -0.2) is 0 Å². The van der Waals surface area contributed by atoms with Crippen LogP contribution in [0.4, 0.5) is 0 Å². The van der Waals surface area contributed by atoms with E-state index < -0.39 is 11.5 Å². The maximum atomic E-state index is 11.2. The maximum absolute atomic E-state index is 11.2. The normalized spacial score (nSPS) is 14.5. The fraction of sp³-hybridized carbons (Fsp3) is 0.667. The number of nitrogens with zero attached hydrogens (tertiary/aromatic N) is 2. The molecule has 0 saturated heterocycles. The van der Waals surface area contributed by atoms with E-state index in [9.17, 15) is 9.90 Å². The zero-order valence-electron chi connectivity index (χ0n) is 11.2. The third-order valence-corrected chi connectivity index (χ3v) is 4.31. The molecule has 1 heterocycles. The molecule has 1 unspecified atom stereocenters. The second-order valence-electron chi connectivity index (χ2n) is 4.51. The summed E-state index contributed by atoms with van der Waals surface area (Å²) in [6.07, 6.45) is 0.527. The summed E-state index contributed by atoms with van der Waals surface area (Å²) in [5, 5.41) is 16.7. The van der Waals surface area contributed by atoms with Gasteiger partial charge in [0.05, 0.1) is 15.9 Å². The number of halogens is 1. The summed E-state index contributed by atoms with van der Waals surface area (Å²) in [6.45, 7) is 8.74. The van der Waals surface area contributed by atoms with Crippen molar-refractivity contribution in [2.24, 2.45) is 0 Å². The number of aliphatic carboxylic acids is 1. The van der Waals surface area contributed by atoms with E-state index in [2.05, 4.69) is 26.3 Å². The maximum Gasteiger partial charge on any atom is 0.323 e. The average Bonchev–Trinajstić information content (AvgIpc) is 2.62. The smallest absolute Gasteiger partial charge is 0.323 e. The van der Waals surface area contributed by atoms with Crippen molar-refractivity contribution in [2.45, 2.75) is 52.7 Å². The molecular formula is C12H20BrN3O2. The topological polar surface area (TPSA) is 67.2 Å². The van der Waals surface area contributed by atoms with Crippen LogP contribution in [-0.2, 0) is 17.9 Å². The van der Waals surface area contributed by atoms with E-state index in [0.717, 1.165) is 22.4 Å². The van der Waals surface area contributed by atoms with Crippen LogP contribution < -0.4 is 5.32 Å². The predicted octanol–water partition coefficient (Wildman–Crippen LogP) is 2.32. The molecular weight excluding hydrogens is 298 g/mol. The molecule has 0 aliphatic carbocycles. The fourth-order valence-corrected chi connectivity index (χ4v) is 2.09. The number of aryl methyl sites for hydroxylation is 2. The van der Waals surface area contributed by atoms with E-state index in [-0.39, 0.29) is 0 Å². The van der Waals surface area contributed by atoms with Crippen molar-refractivity contribution >= 4 is 21.9 Å². The third kappa shape index (κ3) is 2.92. The molecule has 0 spiro atoms. The van der Waals surface area contributed by atoms with Gasteiger partial charge in [0.25, 0.3) is 0 Å². The summed E-state index contributed by atoms with van der Waals surface area (Å²) in [5.41, 5.74) is 0.994. The van der Waals surface area contributed by atoms with Gasteiger partial charge >= 0.3 is 5.97 Å². The molecule has 1 aromatic rings. The minimum absolute atomic E-state index is 0.478. The first-order chi connectivity index (χ1) is 8.35. The van der Waals surface area contributed by atoms with Gasteiger partial charge in [-0.05, 0) is 43.1 Å². The van der Waals surface area contributed by atoms with Crippen LogP contribution in [0.25, 0.3) is 0 Å². The monoisotopic (exact) mass is 317 g/mol. The second kappa shape index (κ2) is 5.84. The minimum Gasteiger partial charge on any atom is -0.480 e. The zero-order chi connectivity index (χ0) is 13.9. The lowest BCUT2D eigenvalue weighted by atomic mass is 9.99. The first-order valence-electron chi connectivity index (χ1n) is 6.06. The van der Waals surface area contributed by atoms with Crippen LogP contribution in [-0.4, -0.2) is 26.4 Å². The first kappa shape index (κ1) is 15.2. The zero-order valence-corrected chi connectivity index (χ0v) is 12.8. The van der Waals surface area contributed by atoms with Gasteiger partial charge in [0.15, 0.2) is 0 Å². The van der Waals surface area contributed by atoms with Crippen molar-refractivity contribution < 1.29 is 9.90 Å². The Labute approximate surface area is 116 Å². The first-order valence-corrected chi connectivity index (χ1v) is 6.85.